The van der Waals surface area contributed by atoms with E-state index in [1.54, 1.807) is 0 Å². The number of hydrogen-bond acceptors (Lipinski definition) is 3. The Kier molecular flexibility index (Phi) is 3.29. The molecule has 0 spiro atoms. The summed E-state index contributed by atoms with van der Waals surface area (Å²) >= 11 is 0. The molecule has 1 aliphatic heterocycles. The highest BCUT2D eigenvalue weighted by atomic mass is 16.4. The first-order valence-corrected chi connectivity index (χ1v) is 6.90. The zero-order valence-electron chi connectivity index (χ0n) is 10.8. The molecule has 0 bridgehead atoms. The van der Waals surface area contributed by atoms with E-state index in [0.29, 0.717) is 13.0 Å². The average Bonchev–Trinajstić information content (AvgIpc) is 2.83. The van der Waals surface area contributed by atoms with E-state index in [1.807, 2.05) is 23.1 Å². The van der Waals surface area contributed by atoms with Crippen LogP contribution in [0.5, 0.6) is 0 Å². The molecule has 102 valence electrons. The van der Waals surface area contributed by atoms with Crippen LogP contribution >= 0.6 is 0 Å². The quantitative estimate of drug-likeness (QED) is 0.845. The summed E-state index contributed by atoms with van der Waals surface area (Å²) in [5.74, 6) is -0.784. The number of rotatable bonds is 2. The average molecular weight is 261 g/mol. The van der Waals surface area contributed by atoms with Crippen molar-refractivity contribution < 1.29 is 15.0 Å². The fourth-order valence-corrected chi connectivity index (χ4v) is 3.43. The van der Waals surface area contributed by atoms with Crippen LogP contribution in [0.4, 0.5) is 0 Å². The minimum atomic E-state index is -0.784. The van der Waals surface area contributed by atoms with Gasteiger partial charge in [-0.25, -0.2) is 0 Å². The number of aliphatic carboxylic acids is 1. The van der Waals surface area contributed by atoms with E-state index in [0.717, 1.165) is 24.8 Å². The molecule has 1 fully saturated rings. The first-order valence-electron chi connectivity index (χ1n) is 6.90. The molecular weight excluding hydrogens is 242 g/mol. The maximum Gasteiger partial charge on any atom is 0.321 e. The predicted octanol–water partition coefficient (Wildman–Crippen LogP) is 1.41. The second-order valence-electron chi connectivity index (χ2n) is 5.56. The van der Waals surface area contributed by atoms with Crippen LogP contribution in [0.25, 0.3) is 0 Å². The molecule has 0 aromatic heterocycles. The summed E-state index contributed by atoms with van der Waals surface area (Å²) < 4.78 is 0. The number of nitrogens with zero attached hydrogens (tertiary/aromatic N) is 1. The Labute approximate surface area is 112 Å². The van der Waals surface area contributed by atoms with Gasteiger partial charge in [-0.3, -0.25) is 9.69 Å². The fraction of sp³-hybridized carbons (Fsp3) is 0.533. The molecule has 1 aliphatic carbocycles. The molecule has 1 heterocycles. The van der Waals surface area contributed by atoms with Crippen LogP contribution in [-0.2, 0) is 17.8 Å². The second-order valence-corrected chi connectivity index (χ2v) is 5.56. The summed E-state index contributed by atoms with van der Waals surface area (Å²) in [5.41, 5.74) is 2.32. The summed E-state index contributed by atoms with van der Waals surface area (Å²) in [7, 11) is 0. The predicted molar refractivity (Wildman–Crippen MR) is 70.8 cm³/mol. The third-order valence-electron chi connectivity index (χ3n) is 4.44. The van der Waals surface area contributed by atoms with Gasteiger partial charge in [-0.1, -0.05) is 24.3 Å². The molecule has 1 aromatic carbocycles. The van der Waals surface area contributed by atoms with Crippen LogP contribution in [0.2, 0.25) is 0 Å². The van der Waals surface area contributed by atoms with Crippen LogP contribution in [0.1, 0.15) is 30.4 Å². The van der Waals surface area contributed by atoms with E-state index >= 15 is 0 Å². The van der Waals surface area contributed by atoms with Crippen LogP contribution in [-0.4, -0.2) is 39.3 Å². The van der Waals surface area contributed by atoms with Gasteiger partial charge in [0.15, 0.2) is 0 Å². The summed E-state index contributed by atoms with van der Waals surface area (Å²) in [4.78, 5) is 13.5. The van der Waals surface area contributed by atoms with Crippen molar-refractivity contribution in [2.24, 2.45) is 0 Å². The first kappa shape index (κ1) is 12.6. The van der Waals surface area contributed by atoms with Gasteiger partial charge in [0.25, 0.3) is 0 Å². The number of fused-ring (bicyclic) bond motifs is 1. The van der Waals surface area contributed by atoms with Gasteiger partial charge in [-0.05, 0) is 36.8 Å². The zero-order chi connectivity index (χ0) is 13.4. The van der Waals surface area contributed by atoms with E-state index in [2.05, 4.69) is 6.07 Å². The molecule has 4 nitrogen and oxygen atoms in total. The summed E-state index contributed by atoms with van der Waals surface area (Å²) in [6, 6.07) is 7.50. The minimum Gasteiger partial charge on any atom is -0.480 e. The highest BCUT2D eigenvalue weighted by molar-refractivity contribution is 5.74. The largest absolute Gasteiger partial charge is 0.480 e. The van der Waals surface area contributed by atoms with E-state index in [4.69, 9.17) is 0 Å². The lowest BCUT2D eigenvalue weighted by molar-refractivity contribution is -0.146. The number of aliphatic hydroxyl groups is 1. The molecule has 1 saturated carbocycles. The monoisotopic (exact) mass is 261 g/mol. The maximum absolute atomic E-state index is 11.5. The number of hydrogen-bond donors (Lipinski definition) is 2. The lowest BCUT2D eigenvalue weighted by Gasteiger charge is -2.39. The van der Waals surface area contributed by atoms with Crippen molar-refractivity contribution in [3.63, 3.8) is 0 Å². The summed E-state index contributed by atoms with van der Waals surface area (Å²) in [6.45, 7) is 0.634. The van der Waals surface area contributed by atoms with Gasteiger partial charge in [0.2, 0.25) is 0 Å². The molecule has 3 unspecified atom stereocenters. The molecule has 2 aliphatic rings. The van der Waals surface area contributed by atoms with Crippen LogP contribution in [0.15, 0.2) is 24.3 Å². The highest BCUT2D eigenvalue weighted by Gasteiger charge is 2.40. The van der Waals surface area contributed by atoms with Gasteiger partial charge in [-0.2, -0.15) is 0 Å². The van der Waals surface area contributed by atoms with E-state index in [9.17, 15) is 15.0 Å². The topological polar surface area (TPSA) is 60.8 Å². The molecule has 19 heavy (non-hydrogen) atoms. The van der Waals surface area contributed by atoms with Crippen LogP contribution in [0.3, 0.4) is 0 Å². The van der Waals surface area contributed by atoms with E-state index < -0.39 is 12.0 Å². The van der Waals surface area contributed by atoms with Crippen LogP contribution < -0.4 is 0 Å². The van der Waals surface area contributed by atoms with Crippen molar-refractivity contribution in [2.45, 2.75) is 50.4 Å². The molecular formula is C15H19NO3. The number of benzene rings is 1. The highest BCUT2D eigenvalue weighted by Crippen LogP contribution is 2.32. The van der Waals surface area contributed by atoms with Crippen molar-refractivity contribution in [1.82, 2.24) is 4.90 Å². The standard InChI is InChI=1S/C15H19NO3/c17-14-7-3-6-12(14)16-9-11-5-2-1-4-10(11)8-13(16)15(18)19/h1-2,4-5,12-14,17H,3,6-9H2,(H,18,19). The van der Waals surface area contributed by atoms with E-state index in [-0.39, 0.29) is 12.1 Å². The molecule has 0 radical (unpaired) electrons. The lowest BCUT2D eigenvalue weighted by Crippen LogP contribution is -2.52. The van der Waals surface area contributed by atoms with Gasteiger partial charge >= 0.3 is 5.97 Å². The Balaban J connectivity index is 1.91. The van der Waals surface area contributed by atoms with Gasteiger partial charge in [0.05, 0.1) is 6.10 Å². The van der Waals surface area contributed by atoms with Gasteiger partial charge in [0.1, 0.15) is 6.04 Å². The van der Waals surface area contributed by atoms with Crippen molar-refractivity contribution in [1.29, 1.82) is 0 Å². The Bertz CT molecular complexity index is 488. The molecule has 0 saturated heterocycles. The molecule has 0 amide bonds. The third kappa shape index (κ3) is 2.26. The number of carboxylic acid groups (broad SMARTS) is 1. The van der Waals surface area contributed by atoms with Gasteiger partial charge in [-0.15, -0.1) is 0 Å². The molecule has 4 heteroatoms. The Morgan fingerprint density at radius 1 is 1.21 bits per heavy atom. The molecule has 2 N–H and O–H groups in total. The number of aliphatic hydroxyl groups excluding tert-OH is 1. The smallest absolute Gasteiger partial charge is 0.321 e. The summed E-state index contributed by atoms with van der Waals surface area (Å²) in [5, 5.41) is 19.5. The molecule has 1 aromatic rings. The zero-order valence-corrected chi connectivity index (χ0v) is 10.8. The Hall–Kier alpha value is -1.39. The van der Waals surface area contributed by atoms with Gasteiger partial charge < -0.3 is 10.2 Å². The maximum atomic E-state index is 11.5. The molecule has 3 atom stereocenters. The Morgan fingerprint density at radius 3 is 2.58 bits per heavy atom. The summed E-state index contributed by atoms with van der Waals surface area (Å²) in [6.07, 6.45) is 2.82. The SMILES string of the molecule is O=C(O)C1Cc2ccccc2CN1C1CCCC1O. The first-order chi connectivity index (χ1) is 9.16. The minimum absolute atomic E-state index is 0.00513. The normalized spacial score (nSPS) is 31.1. The second kappa shape index (κ2) is 4.94. The lowest BCUT2D eigenvalue weighted by atomic mass is 9.92. The van der Waals surface area contributed by atoms with Crippen molar-refractivity contribution >= 4 is 5.97 Å². The van der Waals surface area contributed by atoms with Gasteiger partial charge in [0, 0.05) is 12.6 Å². The fourth-order valence-electron chi connectivity index (χ4n) is 3.43. The number of carboxylic acids is 1. The molecule has 3 rings (SSSR count). The van der Waals surface area contributed by atoms with Crippen molar-refractivity contribution in [3.8, 4) is 0 Å². The van der Waals surface area contributed by atoms with Crippen molar-refractivity contribution in [3.05, 3.63) is 35.4 Å². The number of carbonyl (C=O) groups is 1. The Morgan fingerprint density at radius 2 is 1.95 bits per heavy atom. The van der Waals surface area contributed by atoms with E-state index in [1.165, 1.54) is 5.56 Å². The third-order valence-corrected chi connectivity index (χ3v) is 4.44. The van der Waals surface area contributed by atoms with Crippen molar-refractivity contribution in [2.75, 3.05) is 0 Å². The van der Waals surface area contributed by atoms with Crippen LogP contribution in [0, 0.1) is 0 Å².